The van der Waals surface area contributed by atoms with Gasteiger partial charge >= 0.3 is 0 Å². The standard InChI is InChI=1S/C13H18N2O2/c1-8-4-3-5-10(12(8)14)13(16)15-11-6-7-17-9(11)2/h3-5,9,11H,6-7,14H2,1-2H3,(H,15,16). The maximum absolute atomic E-state index is 12.1. The predicted molar refractivity (Wildman–Crippen MR) is 66.9 cm³/mol. The van der Waals surface area contributed by atoms with Gasteiger partial charge in [-0.05, 0) is 31.9 Å². The van der Waals surface area contributed by atoms with Crippen molar-refractivity contribution in [2.75, 3.05) is 12.3 Å². The second-order valence-electron chi connectivity index (χ2n) is 4.48. The lowest BCUT2D eigenvalue weighted by molar-refractivity contribution is 0.0867. The number of amides is 1. The number of carbonyl (C=O) groups excluding carboxylic acids is 1. The number of nitrogens with one attached hydrogen (secondary N) is 1. The van der Waals surface area contributed by atoms with Crippen LogP contribution in [0, 0.1) is 6.92 Å². The Morgan fingerprint density at radius 3 is 2.94 bits per heavy atom. The molecule has 4 nitrogen and oxygen atoms in total. The van der Waals surface area contributed by atoms with E-state index in [1.54, 1.807) is 6.07 Å². The Labute approximate surface area is 101 Å². The number of rotatable bonds is 2. The monoisotopic (exact) mass is 234 g/mol. The van der Waals surface area contributed by atoms with Gasteiger partial charge in [0.15, 0.2) is 0 Å². The number of benzene rings is 1. The summed E-state index contributed by atoms with van der Waals surface area (Å²) in [7, 11) is 0. The molecule has 3 N–H and O–H groups in total. The van der Waals surface area contributed by atoms with Crippen LogP contribution in [0.4, 0.5) is 5.69 Å². The molecule has 1 aromatic carbocycles. The number of hydrogen-bond acceptors (Lipinski definition) is 3. The maximum Gasteiger partial charge on any atom is 0.253 e. The average Bonchev–Trinajstić information content (AvgIpc) is 2.68. The van der Waals surface area contributed by atoms with Crippen LogP contribution < -0.4 is 11.1 Å². The van der Waals surface area contributed by atoms with E-state index in [0.29, 0.717) is 17.9 Å². The minimum Gasteiger partial charge on any atom is -0.398 e. The van der Waals surface area contributed by atoms with E-state index in [1.165, 1.54) is 0 Å². The lowest BCUT2D eigenvalue weighted by Crippen LogP contribution is -2.39. The second kappa shape index (κ2) is 4.75. The van der Waals surface area contributed by atoms with Crippen LogP contribution in [0.3, 0.4) is 0 Å². The predicted octanol–water partition coefficient (Wildman–Crippen LogP) is 1.48. The topological polar surface area (TPSA) is 64.3 Å². The summed E-state index contributed by atoms with van der Waals surface area (Å²) < 4.78 is 5.41. The number of hydrogen-bond donors (Lipinski definition) is 2. The first-order chi connectivity index (χ1) is 8.09. The van der Waals surface area contributed by atoms with Crippen LogP contribution in [0.5, 0.6) is 0 Å². The smallest absolute Gasteiger partial charge is 0.253 e. The van der Waals surface area contributed by atoms with E-state index in [4.69, 9.17) is 10.5 Å². The van der Waals surface area contributed by atoms with Crippen molar-refractivity contribution in [2.24, 2.45) is 0 Å². The van der Waals surface area contributed by atoms with Gasteiger partial charge in [0.1, 0.15) is 0 Å². The Morgan fingerprint density at radius 2 is 2.29 bits per heavy atom. The molecule has 1 fully saturated rings. The zero-order chi connectivity index (χ0) is 12.4. The summed E-state index contributed by atoms with van der Waals surface area (Å²) in [6, 6.07) is 5.57. The van der Waals surface area contributed by atoms with Crippen molar-refractivity contribution in [3.8, 4) is 0 Å². The molecule has 0 spiro atoms. The van der Waals surface area contributed by atoms with Crippen molar-refractivity contribution in [2.45, 2.75) is 32.4 Å². The van der Waals surface area contributed by atoms with Gasteiger partial charge in [0, 0.05) is 12.3 Å². The normalized spacial score (nSPS) is 23.6. The number of aryl methyl sites for hydroxylation is 1. The molecule has 1 aliphatic heterocycles. The van der Waals surface area contributed by atoms with Crippen LogP contribution in [-0.2, 0) is 4.74 Å². The third-order valence-corrected chi connectivity index (χ3v) is 3.26. The number of anilines is 1. The molecule has 1 aliphatic rings. The largest absolute Gasteiger partial charge is 0.398 e. The molecule has 0 aromatic heterocycles. The first-order valence-electron chi connectivity index (χ1n) is 5.87. The van der Waals surface area contributed by atoms with Crippen molar-refractivity contribution in [1.29, 1.82) is 0 Å². The minimum atomic E-state index is -0.117. The summed E-state index contributed by atoms with van der Waals surface area (Å²) in [4.78, 5) is 12.1. The highest BCUT2D eigenvalue weighted by Gasteiger charge is 2.26. The second-order valence-corrected chi connectivity index (χ2v) is 4.48. The van der Waals surface area contributed by atoms with Crippen LogP contribution in [0.15, 0.2) is 18.2 Å². The fourth-order valence-corrected chi connectivity index (χ4v) is 2.05. The molecule has 2 atom stereocenters. The van der Waals surface area contributed by atoms with Crippen molar-refractivity contribution < 1.29 is 9.53 Å². The molecule has 1 aromatic rings. The van der Waals surface area contributed by atoms with Gasteiger partial charge in [0.25, 0.3) is 5.91 Å². The first kappa shape index (κ1) is 11.9. The maximum atomic E-state index is 12.1. The third kappa shape index (κ3) is 2.42. The fourth-order valence-electron chi connectivity index (χ4n) is 2.05. The van der Waals surface area contributed by atoms with Crippen LogP contribution in [0.2, 0.25) is 0 Å². The molecule has 17 heavy (non-hydrogen) atoms. The molecule has 92 valence electrons. The Kier molecular flexibility index (Phi) is 3.33. The summed E-state index contributed by atoms with van der Waals surface area (Å²) in [6.45, 7) is 4.57. The Hall–Kier alpha value is -1.55. The summed E-state index contributed by atoms with van der Waals surface area (Å²) in [5.74, 6) is -0.117. The van der Waals surface area contributed by atoms with Gasteiger partial charge in [-0.25, -0.2) is 0 Å². The van der Waals surface area contributed by atoms with Crippen molar-refractivity contribution in [3.05, 3.63) is 29.3 Å². The van der Waals surface area contributed by atoms with Gasteiger partial charge in [-0.1, -0.05) is 12.1 Å². The van der Waals surface area contributed by atoms with E-state index in [2.05, 4.69) is 5.32 Å². The van der Waals surface area contributed by atoms with E-state index < -0.39 is 0 Å². The number of nitrogens with two attached hydrogens (primary N) is 1. The van der Waals surface area contributed by atoms with Crippen molar-refractivity contribution >= 4 is 11.6 Å². The van der Waals surface area contributed by atoms with Gasteiger partial charge in [-0.15, -0.1) is 0 Å². The molecule has 1 heterocycles. The Balaban J connectivity index is 2.12. The Morgan fingerprint density at radius 1 is 1.53 bits per heavy atom. The van der Waals surface area contributed by atoms with Crippen LogP contribution in [0.1, 0.15) is 29.3 Å². The minimum absolute atomic E-state index is 0.0741. The quantitative estimate of drug-likeness (QED) is 0.762. The number of para-hydroxylation sites is 1. The molecular formula is C13H18N2O2. The van der Waals surface area contributed by atoms with Gasteiger partial charge < -0.3 is 15.8 Å². The van der Waals surface area contributed by atoms with E-state index in [-0.39, 0.29) is 18.1 Å². The third-order valence-electron chi connectivity index (χ3n) is 3.26. The molecule has 0 saturated carbocycles. The molecule has 1 amide bonds. The molecular weight excluding hydrogens is 216 g/mol. The lowest BCUT2D eigenvalue weighted by atomic mass is 10.1. The number of nitrogen functional groups attached to an aromatic ring is 1. The van der Waals surface area contributed by atoms with E-state index in [9.17, 15) is 4.79 Å². The van der Waals surface area contributed by atoms with Gasteiger partial charge in [-0.2, -0.15) is 0 Å². The zero-order valence-corrected chi connectivity index (χ0v) is 10.2. The molecule has 1 saturated heterocycles. The summed E-state index contributed by atoms with van der Waals surface area (Å²) in [6.07, 6.45) is 0.934. The van der Waals surface area contributed by atoms with Crippen molar-refractivity contribution in [1.82, 2.24) is 5.32 Å². The number of carbonyl (C=O) groups is 1. The van der Waals surface area contributed by atoms with Crippen LogP contribution >= 0.6 is 0 Å². The van der Waals surface area contributed by atoms with Crippen LogP contribution in [-0.4, -0.2) is 24.7 Å². The zero-order valence-electron chi connectivity index (χ0n) is 10.2. The Bertz CT molecular complexity index is 431. The highest BCUT2D eigenvalue weighted by Crippen LogP contribution is 2.18. The van der Waals surface area contributed by atoms with Gasteiger partial charge in [0.2, 0.25) is 0 Å². The van der Waals surface area contributed by atoms with E-state index in [1.807, 2.05) is 26.0 Å². The van der Waals surface area contributed by atoms with Crippen LogP contribution in [0.25, 0.3) is 0 Å². The molecule has 0 radical (unpaired) electrons. The molecule has 0 aliphatic carbocycles. The summed E-state index contributed by atoms with van der Waals surface area (Å²) >= 11 is 0. The SMILES string of the molecule is Cc1cccc(C(=O)NC2CCOC2C)c1N. The number of ether oxygens (including phenoxy) is 1. The van der Waals surface area contributed by atoms with E-state index in [0.717, 1.165) is 12.0 Å². The average molecular weight is 234 g/mol. The molecule has 4 heteroatoms. The molecule has 2 unspecified atom stereocenters. The van der Waals surface area contributed by atoms with Gasteiger partial charge in [0.05, 0.1) is 17.7 Å². The molecule has 0 bridgehead atoms. The highest BCUT2D eigenvalue weighted by atomic mass is 16.5. The highest BCUT2D eigenvalue weighted by molar-refractivity contribution is 5.99. The first-order valence-corrected chi connectivity index (χ1v) is 5.87. The summed E-state index contributed by atoms with van der Waals surface area (Å²) in [5.41, 5.74) is 7.92. The van der Waals surface area contributed by atoms with Crippen molar-refractivity contribution in [3.63, 3.8) is 0 Å². The lowest BCUT2D eigenvalue weighted by Gasteiger charge is -2.17. The fraction of sp³-hybridized carbons (Fsp3) is 0.462. The summed E-state index contributed by atoms with van der Waals surface area (Å²) in [5, 5.41) is 2.97. The van der Waals surface area contributed by atoms with E-state index >= 15 is 0 Å². The van der Waals surface area contributed by atoms with Gasteiger partial charge in [-0.3, -0.25) is 4.79 Å². The molecule has 2 rings (SSSR count).